The molecule has 0 spiro atoms. The van der Waals surface area contributed by atoms with Crippen molar-refractivity contribution in [3.8, 4) is 0 Å². The average Bonchev–Trinajstić information content (AvgIpc) is 3.17. The zero-order valence-electron chi connectivity index (χ0n) is 12.7. The van der Waals surface area contributed by atoms with Crippen molar-refractivity contribution in [3.05, 3.63) is 51.8 Å². The van der Waals surface area contributed by atoms with Crippen molar-refractivity contribution in [2.24, 2.45) is 4.99 Å². The predicted octanol–water partition coefficient (Wildman–Crippen LogP) is 1.66. The summed E-state index contributed by atoms with van der Waals surface area (Å²) in [5.41, 5.74) is 0.645. The molecule has 1 aromatic heterocycles. The minimum atomic E-state index is -0.609. The molecule has 0 aliphatic carbocycles. The molecule has 3 aliphatic heterocycles. The Morgan fingerprint density at radius 1 is 1.00 bits per heavy atom. The molecule has 25 heavy (non-hydrogen) atoms. The van der Waals surface area contributed by atoms with Gasteiger partial charge in [-0.2, -0.15) is 0 Å². The number of hydrogen-bond donors (Lipinski definition) is 0. The minimum absolute atomic E-state index is 0.103. The first-order chi connectivity index (χ1) is 12.1. The van der Waals surface area contributed by atoms with Gasteiger partial charge in [-0.15, -0.1) is 0 Å². The topological polar surface area (TPSA) is 84.6 Å². The predicted molar refractivity (Wildman–Crippen MR) is 94.5 cm³/mol. The second-order valence-electron chi connectivity index (χ2n) is 5.71. The fraction of sp³-hybridized carbons (Fsp3) is 0.188. The molecule has 5 rings (SSSR count). The van der Waals surface area contributed by atoms with Gasteiger partial charge < -0.3 is 0 Å². The van der Waals surface area contributed by atoms with Crippen LogP contribution in [0.15, 0.2) is 45.3 Å². The van der Waals surface area contributed by atoms with E-state index in [1.807, 2.05) is 30.3 Å². The van der Waals surface area contributed by atoms with Crippen LogP contribution in [0.25, 0.3) is 0 Å². The Morgan fingerprint density at radius 3 is 2.56 bits per heavy atom. The molecule has 0 saturated carbocycles. The monoisotopic (exact) mass is 370 g/mol. The average molecular weight is 370 g/mol. The molecule has 1 amide bonds. The molecule has 3 aliphatic rings. The summed E-state index contributed by atoms with van der Waals surface area (Å²) in [6.07, 6.45) is 0. The van der Waals surface area contributed by atoms with Gasteiger partial charge in [0.05, 0.1) is 23.1 Å². The SMILES string of the molecule is O=C1CSC2=Nc3nc4n(c(=O)c3C(c3ccccc3)N12)C(=O)CS4. The van der Waals surface area contributed by atoms with Crippen molar-refractivity contribution in [2.75, 3.05) is 11.5 Å². The van der Waals surface area contributed by atoms with E-state index >= 15 is 0 Å². The molecule has 1 atom stereocenters. The van der Waals surface area contributed by atoms with Crippen molar-refractivity contribution in [3.63, 3.8) is 0 Å². The Bertz CT molecular complexity index is 1030. The quantitative estimate of drug-likeness (QED) is 0.710. The maximum absolute atomic E-state index is 13.1. The standard InChI is InChI=1S/C16H10N4O3S2/c21-9-6-24-15-17-13-11(12(19(9)15)8-4-2-1-3-5-8)14(23)20-10(22)7-25-16(20)18-13/h1-5,12H,6-7H2. The van der Waals surface area contributed by atoms with E-state index in [2.05, 4.69) is 9.98 Å². The van der Waals surface area contributed by atoms with Crippen LogP contribution in [0.2, 0.25) is 0 Å². The van der Waals surface area contributed by atoms with E-state index in [9.17, 15) is 14.4 Å². The molecule has 7 nitrogen and oxygen atoms in total. The summed E-state index contributed by atoms with van der Waals surface area (Å²) in [6.45, 7) is 0. The van der Waals surface area contributed by atoms with Crippen LogP contribution in [0, 0.1) is 0 Å². The van der Waals surface area contributed by atoms with Crippen molar-refractivity contribution in [2.45, 2.75) is 11.2 Å². The largest absolute Gasteiger partial charge is 0.278 e. The highest BCUT2D eigenvalue weighted by molar-refractivity contribution is 8.15. The fourth-order valence-electron chi connectivity index (χ4n) is 3.22. The van der Waals surface area contributed by atoms with Gasteiger partial charge in [-0.05, 0) is 5.56 Å². The number of aliphatic imine (C=N–C) groups is 1. The van der Waals surface area contributed by atoms with E-state index in [1.165, 1.54) is 23.5 Å². The lowest BCUT2D eigenvalue weighted by Gasteiger charge is -2.31. The molecule has 1 fully saturated rings. The van der Waals surface area contributed by atoms with Crippen molar-refractivity contribution in [1.29, 1.82) is 0 Å². The molecule has 0 radical (unpaired) electrons. The van der Waals surface area contributed by atoms with Crippen molar-refractivity contribution < 1.29 is 9.59 Å². The number of rotatable bonds is 1. The molecule has 1 unspecified atom stereocenters. The molecule has 1 aromatic carbocycles. The molecular weight excluding hydrogens is 360 g/mol. The second-order valence-corrected chi connectivity index (χ2v) is 7.60. The van der Waals surface area contributed by atoms with E-state index in [0.717, 1.165) is 10.1 Å². The maximum atomic E-state index is 13.1. The lowest BCUT2D eigenvalue weighted by atomic mass is 9.97. The highest BCUT2D eigenvalue weighted by Crippen LogP contribution is 2.42. The van der Waals surface area contributed by atoms with Crippen LogP contribution >= 0.6 is 23.5 Å². The van der Waals surface area contributed by atoms with Gasteiger partial charge in [0, 0.05) is 0 Å². The molecule has 124 valence electrons. The Kier molecular flexibility index (Phi) is 3.16. The number of amidine groups is 1. The number of aromatic nitrogens is 2. The van der Waals surface area contributed by atoms with Crippen LogP contribution < -0.4 is 5.56 Å². The number of carbonyl (C=O) groups is 2. The Labute approximate surface area is 150 Å². The van der Waals surface area contributed by atoms with Gasteiger partial charge in [-0.3, -0.25) is 19.3 Å². The number of thioether (sulfide) groups is 2. The summed E-state index contributed by atoms with van der Waals surface area (Å²) < 4.78 is 1.10. The fourth-order valence-corrected chi connectivity index (χ4v) is 4.95. The lowest BCUT2D eigenvalue weighted by molar-refractivity contribution is -0.125. The summed E-state index contributed by atoms with van der Waals surface area (Å²) >= 11 is 2.57. The van der Waals surface area contributed by atoms with Crippen molar-refractivity contribution in [1.82, 2.24) is 14.5 Å². The summed E-state index contributed by atoms with van der Waals surface area (Å²) in [6, 6.07) is 8.70. The zero-order chi connectivity index (χ0) is 17.1. The normalized spacial score (nSPS) is 21.0. The zero-order valence-corrected chi connectivity index (χ0v) is 14.3. The molecule has 2 aromatic rings. The van der Waals surface area contributed by atoms with E-state index in [-0.39, 0.29) is 28.9 Å². The Hall–Kier alpha value is -2.39. The molecule has 4 heterocycles. The van der Waals surface area contributed by atoms with Crippen LogP contribution in [-0.2, 0) is 4.79 Å². The summed E-state index contributed by atoms with van der Waals surface area (Å²) in [5, 5.41) is 0.921. The number of benzene rings is 1. The number of fused-ring (bicyclic) bond motifs is 3. The maximum Gasteiger partial charge on any atom is 0.268 e. The number of carbonyl (C=O) groups excluding carboxylic acids is 2. The number of hydrogen-bond acceptors (Lipinski definition) is 7. The first-order valence-corrected chi connectivity index (χ1v) is 9.53. The van der Waals surface area contributed by atoms with Gasteiger partial charge in [0.15, 0.2) is 16.1 Å². The number of amides is 1. The second kappa shape index (κ2) is 5.30. The summed E-state index contributed by atoms with van der Waals surface area (Å²) in [7, 11) is 0. The van der Waals surface area contributed by atoms with Gasteiger partial charge in [-0.25, -0.2) is 14.5 Å². The molecule has 0 bridgehead atoms. The minimum Gasteiger partial charge on any atom is -0.278 e. The third-order valence-corrected chi connectivity index (χ3v) is 6.15. The number of nitrogens with zero attached hydrogens (tertiary/aromatic N) is 4. The molecule has 9 heteroatoms. The Morgan fingerprint density at radius 2 is 1.76 bits per heavy atom. The van der Waals surface area contributed by atoms with Crippen LogP contribution in [0.1, 0.15) is 22.0 Å². The van der Waals surface area contributed by atoms with Crippen LogP contribution in [0.3, 0.4) is 0 Å². The molecular formula is C16H10N4O3S2. The molecule has 1 saturated heterocycles. The van der Waals surface area contributed by atoms with Crippen LogP contribution in [-0.4, -0.2) is 42.9 Å². The Balaban J connectivity index is 1.83. The third kappa shape index (κ3) is 2.05. The van der Waals surface area contributed by atoms with Crippen LogP contribution in [0.4, 0.5) is 5.82 Å². The van der Waals surface area contributed by atoms with E-state index in [4.69, 9.17) is 0 Å². The highest BCUT2D eigenvalue weighted by Gasteiger charge is 2.43. The molecule has 0 N–H and O–H groups in total. The first-order valence-electron chi connectivity index (χ1n) is 7.56. The van der Waals surface area contributed by atoms with Gasteiger partial charge in [0.25, 0.3) is 5.56 Å². The van der Waals surface area contributed by atoms with Crippen LogP contribution in [0.5, 0.6) is 0 Å². The van der Waals surface area contributed by atoms with Gasteiger partial charge in [-0.1, -0.05) is 53.9 Å². The van der Waals surface area contributed by atoms with Gasteiger partial charge in [0.2, 0.25) is 11.8 Å². The third-order valence-electron chi connectivity index (χ3n) is 4.29. The van der Waals surface area contributed by atoms with E-state index in [1.54, 1.807) is 4.90 Å². The summed E-state index contributed by atoms with van der Waals surface area (Å²) in [4.78, 5) is 48.0. The van der Waals surface area contributed by atoms with Crippen molar-refractivity contribution >= 4 is 46.3 Å². The summed E-state index contributed by atoms with van der Waals surface area (Å²) in [5.74, 6) is 0.388. The van der Waals surface area contributed by atoms with E-state index < -0.39 is 11.6 Å². The van der Waals surface area contributed by atoms with Gasteiger partial charge >= 0.3 is 0 Å². The smallest absolute Gasteiger partial charge is 0.268 e. The first kappa shape index (κ1) is 14.9. The van der Waals surface area contributed by atoms with E-state index in [0.29, 0.717) is 16.1 Å². The van der Waals surface area contributed by atoms with Gasteiger partial charge in [0.1, 0.15) is 0 Å². The highest BCUT2D eigenvalue weighted by atomic mass is 32.2. The lowest BCUT2D eigenvalue weighted by Crippen LogP contribution is -2.41.